The summed E-state index contributed by atoms with van der Waals surface area (Å²) in [5.41, 5.74) is 2.28. The first-order valence-corrected chi connectivity index (χ1v) is 14.1. The van der Waals surface area contributed by atoms with Gasteiger partial charge in [-0.05, 0) is 76.6 Å². The third-order valence-electron chi connectivity index (χ3n) is 7.61. The van der Waals surface area contributed by atoms with Crippen LogP contribution in [0.4, 0.5) is 0 Å². The minimum absolute atomic E-state index is 0.321. The lowest BCUT2D eigenvalue weighted by Crippen LogP contribution is -2.34. The van der Waals surface area contributed by atoms with Crippen molar-refractivity contribution in [1.82, 2.24) is 24.6 Å². The molecule has 0 unspecified atom stereocenters. The van der Waals surface area contributed by atoms with E-state index in [4.69, 9.17) is 19.9 Å². The highest BCUT2D eigenvalue weighted by molar-refractivity contribution is 7.99. The second-order valence-electron chi connectivity index (χ2n) is 10.2. The molecule has 33 heavy (non-hydrogen) atoms. The Kier molecular flexibility index (Phi) is 8.00. The number of nitrogens with zero attached hydrogens (tertiary/aromatic N) is 5. The molecular weight excluding hydrogens is 430 g/mol. The number of aryl methyl sites for hydroxylation is 1. The van der Waals surface area contributed by atoms with Crippen molar-refractivity contribution in [2.75, 3.05) is 25.4 Å². The van der Waals surface area contributed by atoms with Gasteiger partial charge in [-0.25, -0.2) is 0 Å². The molecule has 0 bridgehead atoms. The number of pyridine rings is 1. The predicted molar refractivity (Wildman–Crippen MR) is 133 cm³/mol. The lowest BCUT2D eigenvalue weighted by atomic mass is 9.91. The van der Waals surface area contributed by atoms with Gasteiger partial charge in [-0.15, -0.1) is 10.2 Å². The Hall–Kier alpha value is -1.44. The summed E-state index contributed by atoms with van der Waals surface area (Å²) in [6, 6.07) is 6.33. The first-order valence-electron chi connectivity index (χ1n) is 13.1. The summed E-state index contributed by atoms with van der Waals surface area (Å²) in [5.74, 6) is 3.72. The van der Waals surface area contributed by atoms with Crippen LogP contribution in [0.2, 0.25) is 0 Å². The highest BCUT2D eigenvalue weighted by Crippen LogP contribution is 2.33. The number of hydrogen-bond donors (Lipinski definition) is 0. The van der Waals surface area contributed by atoms with Gasteiger partial charge in [0.05, 0.1) is 18.3 Å². The summed E-state index contributed by atoms with van der Waals surface area (Å²) in [6.45, 7) is 7.02. The second kappa shape index (κ2) is 11.3. The molecule has 0 N–H and O–H groups in total. The molecule has 0 aromatic carbocycles. The normalized spacial score (nSPS) is 23.4. The Morgan fingerprint density at radius 2 is 1.85 bits per heavy atom. The molecule has 2 aromatic heterocycles. The van der Waals surface area contributed by atoms with E-state index in [1.165, 1.54) is 55.8 Å². The molecule has 1 saturated carbocycles. The molecule has 3 fully saturated rings. The highest BCUT2D eigenvalue weighted by atomic mass is 32.2. The summed E-state index contributed by atoms with van der Waals surface area (Å²) in [6.07, 6.45) is 11.9. The van der Waals surface area contributed by atoms with Crippen molar-refractivity contribution in [2.24, 2.45) is 5.92 Å². The van der Waals surface area contributed by atoms with E-state index in [0.29, 0.717) is 12.0 Å². The maximum Gasteiger partial charge on any atom is 0.191 e. The van der Waals surface area contributed by atoms with Gasteiger partial charge in [0.2, 0.25) is 0 Å². The van der Waals surface area contributed by atoms with Crippen LogP contribution in [0, 0.1) is 12.8 Å². The molecule has 5 rings (SSSR count). The number of rotatable bonds is 8. The van der Waals surface area contributed by atoms with Gasteiger partial charge in [0, 0.05) is 30.5 Å². The van der Waals surface area contributed by atoms with Crippen molar-refractivity contribution >= 4 is 11.8 Å². The van der Waals surface area contributed by atoms with Gasteiger partial charge in [-0.3, -0.25) is 9.88 Å². The largest absolute Gasteiger partial charge is 0.376 e. The fourth-order valence-corrected chi connectivity index (χ4v) is 6.83. The SMILES string of the molecule is Cc1cccc(CN2CCC(c3nnc(SCC4CCCCC4)n3C[C@@H]3CCCO3)CC2)n1. The van der Waals surface area contributed by atoms with Crippen LogP contribution in [0.15, 0.2) is 23.4 Å². The number of ether oxygens (including phenoxy) is 1. The van der Waals surface area contributed by atoms with E-state index in [-0.39, 0.29) is 0 Å². The lowest BCUT2D eigenvalue weighted by Gasteiger charge is -2.31. The summed E-state index contributed by atoms with van der Waals surface area (Å²) in [4.78, 5) is 7.23. The number of piperidine rings is 1. The van der Waals surface area contributed by atoms with E-state index in [2.05, 4.69) is 34.6 Å². The predicted octanol–water partition coefficient (Wildman–Crippen LogP) is 5.21. The van der Waals surface area contributed by atoms with E-state index >= 15 is 0 Å². The van der Waals surface area contributed by atoms with Crippen molar-refractivity contribution in [3.8, 4) is 0 Å². The van der Waals surface area contributed by atoms with Crippen LogP contribution in [0.1, 0.15) is 80.9 Å². The van der Waals surface area contributed by atoms with Crippen LogP contribution >= 0.6 is 11.8 Å². The standard InChI is InChI=1S/C26H39N5OS/c1-20-7-5-10-23(27-20)17-30-14-12-22(13-15-30)25-28-29-26(31(25)18-24-11-6-16-32-24)33-19-21-8-3-2-4-9-21/h5,7,10,21-22,24H,2-4,6,8-9,11-19H2,1H3/t24-/m0/s1. The molecule has 0 radical (unpaired) electrons. The quantitative estimate of drug-likeness (QED) is 0.495. The average Bonchev–Trinajstić information content (AvgIpc) is 3.50. The van der Waals surface area contributed by atoms with E-state index in [1.54, 1.807) is 0 Å². The summed E-state index contributed by atoms with van der Waals surface area (Å²) in [7, 11) is 0. The van der Waals surface area contributed by atoms with Crippen LogP contribution in [-0.2, 0) is 17.8 Å². The topological polar surface area (TPSA) is 56.1 Å². The number of likely N-dealkylation sites (tertiary alicyclic amines) is 1. The molecule has 7 heteroatoms. The van der Waals surface area contributed by atoms with Crippen molar-refractivity contribution in [3.63, 3.8) is 0 Å². The average molecular weight is 470 g/mol. The van der Waals surface area contributed by atoms with Crippen LogP contribution in [0.3, 0.4) is 0 Å². The summed E-state index contributed by atoms with van der Waals surface area (Å²) in [5, 5.41) is 10.6. The molecule has 1 aliphatic carbocycles. The van der Waals surface area contributed by atoms with Crippen molar-refractivity contribution < 1.29 is 4.74 Å². The number of hydrogen-bond acceptors (Lipinski definition) is 6. The Labute approximate surface area is 202 Å². The second-order valence-corrected chi connectivity index (χ2v) is 11.2. The van der Waals surface area contributed by atoms with Gasteiger partial charge in [0.25, 0.3) is 0 Å². The Morgan fingerprint density at radius 3 is 2.61 bits per heavy atom. The zero-order chi connectivity index (χ0) is 22.5. The highest BCUT2D eigenvalue weighted by Gasteiger charge is 2.29. The fraction of sp³-hybridized carbons (Fsp3) is 0.731. The molecule has 2 aliphatic heterocycles. The fourth-order valence-electron chi connectivity index (χ4n) is 5.68. The maximum absolute atomic E-state index is 6.01. The molecule has 3 aliphatic rings. The third-order valence-corrected chi connectivity index (χ3v) is 8.81. The zero-order valence-corrected chi connectivity index (χ0v) is 20.9. The number of thioether (sulfide) groups is 1. The van der Waals surface area contributed by atoms with E-state index in [1.807, 2.05) is 11.8 Å². The van der Waals surface area contributed by atoms with Gasteiger partial charge in [-0.2, -0.15) is 0 Å². The van der Waals surface area contributed by atoms with Gasteiger partial charge in [0.1, 0.15) is 5.82 Å². The zero-order valence-electron chi connectivity index (χ0n) is 20.1. The van der Waals surface area contributed by atoms with Gasteiger partial charge < -0.3 is 9.30 Å². The molecule has 0 amide bonds. The Bertz CT molecular complexity index is 883. The third kappa shape index (κ3) is 6.17. The van der Waals surface area contributed by atoms with Gasteiger partial charge >= 0.3 is 0 Å². The maximum atomic E-state index is 6.01. The monoisotopic (exact) mass is 469 g/mol. The first kappa shape index (κ1) is 23.3. The summed E-state index contributed by atoms with van der Waals surface area (Å²) < 4.78 is 8.45. The van der Waals surface area contributed by atoms with Gasteiger partial charge in [0.15, 0.2) is 5.16 Å². The number of aromatic nitrogens is 4. The minimum Gasteiger partial charge on any atom is -0.376 e. The smallest absolute Gasteiger partial charge is 0.191 e. The molecule has 0 spiro atoms. The molecule has 1 atom stereocenters. The minimum atomic E-state index is 0.321. The van der Waals surface area contributed by atoms with E-state index in [0.717, 1.165) is 68.8 Å². The van der Waals surface area contributed by atoms with Crippen LogP contribution in [0.25, 0.3) is 0 Å². The lowest BCUT2D eigenvalue weighted by molar-refractivity contribution is 0.0931. The van der Waals surface area contributed by atoms with E-state index < -0.39 is 0 Å². The van der Waals surface area contributed by atoms with Crippen molar-refractivity contribution in [3.05, 3.63) is 35.4 Å². The molecule has 2 aromatic rings. The molecule has 2 saturated heterocycles. The first-order chi connectivity index (χ1) is 16.2. The van der Waals surface area contributed by atoms with E-state index in [9.17, 15) is 0 Å². The molecule has 180 valence electrons. The van der Waals surface area contributed by atoms with Crippen molar-refractivity contribution in [2.45, 2.75) is 95.0 Å². The molecule has 4 heterocycles. The van der Waals surface area contributed by atoms with Crippen LogP contribution in [-0.4, -0.2) is 56.2 Å². The van der Waals surface area contributed by atoms with Gasteiger partial charge in [-0.1, -0.05) is 37.1 Å². The molecule has 6 nitrogen and oxygen atoms in total. The van der Waals surface area contributed by atoms with Crippen molar-refractivity contribution in [1.29, 1.82) is 0 Å². The molecular formula is C26H39N5OS. The Balaban J connectivity index is 1.23. The van der Waals surface area contributed by atoms with Crippen LogP contribution < -0.4 is 0 Å². The van der Waals surface area contributed by atoms with Crippen LogP contribution in [0.5, 0.6) is 0 Å². The summed E-state index contributed by atoms with van der Waals surface area (Å²) >= 11 is 1.94. The Morgan fingerprint density at radius 1 is 1.00 bits per heavy atom.